The number of benzene rings is 2. The van der Waals surface area contributed by atoms with Crippen LogP contribution in [0, 0.1) is 0 Å². The Kier molecular flexibility index (Phi) is 8.32. The van der Waals surface area contributed by atoms with Crippen LogP contribution in [0.3, 0.4) is 0 Å². The summed E-state index contributed by atoms with van der Waals surface area (Å²) in [6.07, 6.45) is 3.31. The Morgan fingerprint density at radius 3 is 1.98 bits per heavy atom. The Labute approximate surface area is 254 Å². The molecule has 0 saturated carbocycles. The quantitative estimate of drug-likeness (QED) is 0.156. The van der Waals surface area contributed by atoms with Gasteiger partial charge in [-0.1, -0.05) is 81.7 Å². The van der Waals surface area contributed by atoms with Gasteiger partial charge in [0, 0.05) is 33.4 Å². The van der Waals surface area contributed by atoms with Crippen molar-refractivity contribution in [1.82, 2.24) is 15.0 Å². The summed E-state index contributed by atoms with van der Waals surface area (Å²) in [6, 6.07) is 15.4. The van der Waals surface area contributed by atoms with Gasteiger partial charge in [-0.15, -0.1) is 11.3 Å². The second-order valence-corrected chi connectivity index (χ2v) is 14.2. The predicted molar refractivity (Wildman–Crippen MR) is 170 cm³/mol. The Hall–Kier alpha value is -3.14. The van der Waals surface area contributed by atoms with Gasteiger partial charge in [-0.25, -0.2) is 4.98 Å². The van der Waals surface area contributed by atoms with Gasteiger partial charge in [0.05, 0.1) is 5.39 Å². The maximum Gasteiger partial charge on any atom is 0.341 e. The molecule has 0 unspecified atom stereocenters. The van der Waals surface area contributed by atoms with Crippen LogP contribution in [0.2, 0.25) is 0 Å². The first-order valence-corrected chi connectivity index (χ1v) is 16.6. The molecule has 0 saturated heterocycles. The van der Waals surface area contributed by atoms with E-state index in [-0.39, 0.29) is 28.5 Å². The van der Waals surface area contributed by atoms with E-state index in [0.29, 0.717) is 16.0 Å². The van der Waals surface area contributed by atoms with Crippen molar-refractivity contribution in [1.29, 1.82) is 0 Å². The molecule has 9 heteroatoms. The molecule has 3 aromatic heterocycles. The third-order valence-corrected chi connectivity index (χ3v) is 9.76. The molecule has 5 rings (SSSR count). The van der Waals surface area contributed by atoms with E-state index < -0.39 is 10.1 Å². The average Bonchev–Trinajstić information content (AvgIpc) is 3.37. The van der Waals surface area contributed by atoms with Crippen molar-refractivity contribution in [3.05, 3.63) is 87.5 Å². The molecule has 0 radical (unpaired) electrons. The van der Waals surface area contributed by atoms with E-state index in [1.807, 2.05) is 69.5 Å². The Bertz CT molecular complexity index is 1790. The van der Waals surface area contributed by atoms with Crippen molar-refractivity contribution < 1.29 is 12.6 Å². The van der Waals surface area contributed by atoms with Gasteiger partial charge >= 0.3 is 10.1 Å². The first-order valence-electron chi connectivity index (χ1n) is 13.5. The minimum absolute atomic E-state index is 0.0123. The number of hydrogen-bond donors (Lipinski definition) is 0. The van der Waals surface area contributed by atoms with Crippen LogP contribution in [0.25, 0.3) is 32.7 Å². The predicted octanol–water partition coefficient (Wildman–Crippen LogP) is 9.32. The van der Waals surface area contributed by atoms with Crippen molar-refractivity contribution in [3.8, 4) is 28.4 Å². The van der Waals surface area contributed by atoms with E-state index in [4.69, 9.17) is 14.2 Å². The molecule has 0 bridgehead atoms. The summed E-state index contributed by atoms with van der Waals surface area (Å²) < 4.78 is 35.7. The van der Waals surface area contributed by atoms with E-state index in [9.17, 15) is 8.42 Å². The average molecular weight is 651 g/mol. The number of aromatic nitrogens is 3. The minimum atomic E-state index is -4.29. The third kappa shape index (κ3) is 5.94. The Morgan fingerprint density at radius 2 is 1.41 bits per heavy atom. The Balaban J connectivity index is 1.76. The number of halogens is 1. The summed E-state index contributed by atoms with van der Waals surface area (Å²) in [4.78, 5) is 14.5. The highest BCUT2D eigenvalue weighted by Crippen LogP contribution is 2.42. The molecule has 0 aliphatic heterocycles. The van der Waals surface area contributed by atoms with E-state index in [0.717, 1.165) is 37.9 Å². The van der Waals surface area contributed by atoms with Crippen LogP contribution < -0.4 is 4.18 Å². The van der Waals surface area contributed by atoms with Gasteiger partial charge in [-0.2, -0.15) is 13.4 Å². The van der Waals surface area contributed by atoms with Crippen LogP contribution in [0.4, 0.5) is 0 Å². The van der Waals surface area contributed by atoms with Gasteiger partial charge in [0.2, 0.25) is 5.88 Å². The van der Waals surface area contributed by atoms with E-state index >= 15 is 0 Å². The first-order chi connectivity index (χ1) is 19.5. The SMILES string of the molecule is CC(C)c1cc(C(C)C)c(S(=O)(=O)Oc2nc(-c3ccncc3)nc3scc(-c4ccc(Br)cc4)c23)c(C(C)C)c1. The molecule has 41 heavy (non-hydrogen) atoms. The van der Waals surface area contributed by atoms with Crippen LogP contribution in [0.1, 0.15) is 76.0 Å². The van der Waals surface area contributed by atoms with E-state index in [2.05, 4.69) is 34.8 Å². The number of thiophene rings is 1. The monoisotopic (exact) mass is 649 g/mol. The maximum absolute atomic E-state index is 14.3. The van der Waals surface area contributed by atoms with E-state index in [1.54, 1.807) is 24.5 Å². The van der Waals surface area contributed by atoms with Crippen LogP contribution in [-0.4, -0.2) is 23.4 Å². The molecule has 0 N–H and O–H groups in total. The first kappa shape index (κ1) is 29.4. The van der Waals surface area contributed by atoms with Crippen LogP contribution in [-0.2, 0) is 10.1 Å². The second-order valence-electron chi connectivity index (χ2n) is 11.0. The van der Waals surface area contributed by atoms with Crippen molar-refractivity contribution in [3.63, 3.8) is 0 Å². The number of pyridine rings is 1. The fourth-order valence-corrected chi connectivity index (χ4v) is 7.55. The van der Waals surface area contributed by atoms with Crippen molar-refractivity contribution >= 4 is 47.6 Å². The zero-order chi connectivity index (χ0) is 29.5. The zero-order valence-electron chi connectivity index (χ0n) is 23.8. The minimum Gasteiger partial charge on any atom is -0.357 e. The zero-order valence-corrected chi connectivity index (χ0v) is 27.1. The lowest BCUT2D eigenvalue weighted by atomic mass is 9.89. The van der Waals surface area contributed by atoms with Crippen molar-refractivity contribution in [2.24, 2.45) is 0 Å². The Morgan fingerprint density at radius 1 is 0.805 bits per heavy atom. The van der Waals surface area contributed by atoms with Gasteiger partial charge in [-0.05, 0) is 64.3 Å². The van der Waals surface area contributed by atoms with Crippen molar-refractivity contribution in [2.45, 2.75) is 64.2 Å². The molecule has 0 atom stereocenters. The lowest BCUT2D eigenvalue weighted by Gasteiger charge is -2.22. The lowest BCUT2D eigenvalue weighted by Crippen LogP contribution is -2.18. The van der Waals surface area contributed by atoms with Crippen molar-refractivity contribution in [2.75, 3.05) is 0 Å². The van der Waals surface area contributed by atoms with Crippen LogP contribution in [0.15, 0.2) is 75.7 Å². The molecular formula is C32H32BrN3O3S2. The summed E-state index contributed by atoms with van der Waals surface area (Å²) in [6.45, 7) is 12.3. The van der Waals surface area contributed by atoms with Gasteiger partial charge in [0.25, 0.3) is 0 Å². The molecule has 212 valence electrons. The molecule has 6 nitrogen and oxygen atoms in total. The highest BCUT2D eigenvalue weighted by Gasteiger charge is 2.31. The molecule has 0 aliphatic rings. The van der Waals surface area contributed by atoms with Crippen LogP contribution >= 0.6 is 27.3 Å². The number of nitrogens with zero attached hydrogens (tertiary/aromatic N) is 3. The summed E-state index contributed by atoms with van der Waals surface area (Å²) in [5.74, 6) is 0.580. The fourth-order valence-electron chi connectivity index (χ4n) is 4.77. The molecule has 3 heterocycles. The maximum atomic E-state index is 14.3. The summed E-state index contributed by atoms with van der Waals surface area (Å²) in [7, 11) is -4.29. The fraction of sp³-hybridized carbons (Fsp3) is 0.281. The largest absolute Gasteiger partial charge is 0.357 e. The van der Waals surface area contributed by atoms with Gasteiger partial charge in [-0.3, -0.25) is 4.98 Å². The summed E-state index contributed by atoms with van der Waals surface area (Å²) in [5.41, 5.74) is 5.04. The van der Waals surface area contributed by atoms with Gasteiger partial charge in [0.1, 0.15) is 9.73 Å². The number of hydrogen-bond acceptors (Lipinski definition) is 7. The molecule has 0 spiro atoms. The molecule has 0 aliphatic carbocycles. The summed E-state index contributed by atoms with van der Waals surface area (Å²) >= 11 is 4.92. The molecule has 0 fully saturated rings. The molecule has 0 amide bonds. The molecular weight excluding hydrogens is 618 g/mol. The number of fused-ring (bicyclic) bond motifs is 1. The number of rotatable bonds is 8. The smallest absolute Gasteiger partial charge is 0.341 e. The topological polar surface area (TPSA) is 82.0 Å². The molecule has 5 aromatic rings. The lowest BCUT2D eigenvalue weighted by molar-refractivity contribution is 0.475. The summed E-state index contributed by atoms with van der Waals surface area (Å²) in [5, 5.41) is 2.53. The molecule has 2 aromatic carbocycles. The van der Waals surface area contributed by atoms with Gasteiger partial charge < -0.3 is 4.18 Å². The van der Waals surface area contributed by atoms with E-state index in [1.165, 1.54) is 11.3 Å². The highest BCUT2D eigenvalue weighted by molar-refractivity contribution is 9.10. The standard InChI is InChI=1S/C32H32BrN3O3S2/c1-18(2)23-15-25(19(3)4)29(26(16-23)20(5)6)41(37,38)39-31-28-27(21-7-9-24(33)10-8-21)17-40-32(28)36-30(35-31)22-11-13-34-14-12-22/h7-20H,1-6H3. The highest BCUT2D eigenvalue weighted by atomic mass is 79.9. The second kappa shape index (κ2) is 11.6. The normalized spacial score (nSPS) is 12.1. The van der Waals surface area contributed by atoms with Gasteiger partial charge in [0.15, 0.2) is 5.82 Å². The van der Waals surface area contributed by atoms with Crippen LogP contribution in [0.5, 0.6) is 5.88 Å². The third-order valence-electron chi connectivity index (χ3n) is 7.01.